The number of primary amides is 1. The third-order valence-corrected chi connectivity index (χ3v) is 18.6. The summed E-state index contributed by atoms with van der Waals surface area (Å²) in [5.41, 5.74) is 5.17. The number of nitrogens with zero attached hydrogens (tertiary/aromatic N) is 3. The van der Waals surface area contributed by atoms with Gasteiger partial charge in [-0.25, -0.2) is 9.59 Å². The molecule has 3 aliphatic rings. The Morgan fingerprint density at radius 3 is 2.36 bits per heavy atom. The highest BCUT2D eigenvalue weighted by atomic mass is 35.5. The van der Waals surface area contributed by atoms with E-state index in [1.165, 1.54) is 50.3 Å². The summed E-state index contributed by atoms with van der Waals surface area (Å²) in [7, 11) is 5.88. The molecule has 6 rings (SSSR count). The number of Topliss-reactive ketones (excluding diaryl/α,β-unsaturated/α-hetero) is 2. The first kappa shape index (κ1) is 72.8. The average molecular weight is 1280 g/mol. The monoisotopic (exact) mass is 1280 g/mol. The number of nitrogens with one attached hydrogen (secondary N) is 3. The fraction of sp³-hybridized carbons (Fsp3) is 0.588. The number of aliphatic hydroxyl groups is 1. The lowest BCUT2D eigenvalue weighted by atomic mass is 9.78. The molecule has 0 spiro atoms. The zero-order valence-electron chi connectivity index (χ0n) is 54.8. The van der Waals surface area contributed by atoms with E-state index in [1.54, 1.807) is 63.4 Å². The molecule has 0 aliphatic carbocycles. The van der Waals surface area contributed by atoms with Gasteiger partial charge in [0, 0.05) is 94.9 Å². The third-order valence-electron chi connectivity index (χ3n) is 18.2. The first-order valence-electron chi connectivity index (χ1n) is 31.7. The van der Waals surface area contributed by atoms with Crippen LogP contribution in [0.1, 0.15) is 154 Å². The number of esters is 2. The number of pyridine rings is 1. The highest BCUT2D eigenvalue weighted by Gasteiger charge is 2.64. The Bertz CT molecular complexity index is 3200. The maximum atomic E-state index is 14.7. The van der Waals surface area contributed by atoms with Crippen molar-refractivity contribution in [2.24, 2.45) is 29.4 Å². The predicted octanol–water partition coefficient (Wildman–Crippen LogP) is 8.02. The van der Waals surface area contributed by atoms with Crippen LogP contribution in [0.3, 0.4) is 0 Å². The number of hydrogen-bond donors (Lipinski definition) is 5. The second-order valence-corrected chi connectivity index (χ2v) is 25.5. The zero-order chi connectivity index (χ0) is 67.1. The van der Waals surface area contributed by atoms with Gasteiger partial charge < -0.3 is 60.3 Å². The minimum atomic E-state index is -1.67. The van der Waals surface area contributed by atoms with Crippen LogP contribution in [0, 0.1) is 23.7 Å². The van der Waals surface area contributed by atoms with Crippen molar-refractivity contribution in [1.82, 2.24) is 25.8 Å². The molecular weight excluding hydrogens is 1190 g/mol. The smallest absolute Gasteiger partial charge is 0.328 e. The van der Waals surface area contributed by atoms with E-state index in [0.717, 1.165) is 36.8 Å². The summed E-state index contributed by atoms with van der Waals surface area (Å²) in [4.78, 5) is 130. The highest BCUT2D eigenvalue weighted by Crippen LogP contribution is 2.50. The van der Waals surface area contributed by atoms with Gasteiger partial charge in [0.15, 0.2) is 5.78 Å². The number of rotatable bonds is 27. The van der Waals surface area contributed by atoms with Gasteiger partial charge in [0.2, 0.25) is 17.7 Å². The van der Waals surface area contributed by atoms with Gasteiger partial charge in [-0.3, -0.25) is 38.5 Å². The number of fused-ring (bicyclic) bond motifs is 6. The minimum Gasteiger partial charge on any atom is -0.495 e. The summed E-state index contributed by atoms with van der Waals surface area (Å²) in [6, 6.07) is 6.88. The standard InChI is InChI=1S/C68H94ClN7O15/c1-13-44(14-2)62(81)72-28-17-15-16-22-46(77)35-49(39(3)4)63(82)74-50(24-20-30-73-66(70)85)52(78)34-45-26-27-48(47-23-19-29-71-60(45)47)64(83)75(9)42(7)65(84)90-56-36-57(79)76(10)51-32-43(33-53(87-11)59(51)69)31-40(5)21-18-25-55(88-12)68(86)37-54(89-58(80)38-68)41(6)61-67(56,8)91-61/h18-19,21,23,25-27,29,32-33,39,41-42,44,49-50,54-56,61,86H,13-17,20,22,24,28,30-31,34-38H2,1-12H3,(H,72,81)(H,74,82)(H3,70,73,85)/b25-18+,40-21+/t41-,42+,49+,50+,54+,55-,56+,61+,67+,68-/m1/s1. The van der Waals surface area contributed by atoms with Crippen molar-refractivity contribution in [1.29, 1.82) is 0 Å². The molecule has 2 aromatic carbocycles. The number of aromatic nitrogens is 1. The molecule has 2 fully saturated rings. The largest absolute Gasteiger partial charge is 0.495 e. The molecule has 0 saturated carbocycles. The van der Waals surface area contributed by atoms with Crippen LogP contribution in [0.4, 0.5) is 10.5 Å². The van der Waals surface area contributed by atoms with Crippen LogP contribution >= 0.6 is 11.6 Å². The van der Waals surface area contributed by atoms with Crippen LogP contribution < -0.4 is 31.3 Å². The number of carbonyl (C=O) groups excluding carboxylic acids is 9. The van der Waals surface area contributed by atoms with E-state index in [0.29, 0.717) is 47.3 Å². The minimum absolute atomic E-state index is 0.0183. The quantitative estimate of drug-likeness (QED) is 0.0274. The van der Waals surface area contributed by atoms with Gasteiger partial charge in [-0.1, -0.05) is 88.6 Å². The van der Waals surface area contributed by atoms with E-state index in [2.05, 4.69) is 20.9 Å². The van der Waals surface area contributed by atoms with Gasteiger partial charge in [0.1, 0.15) is 52.1 Å². The lowest BCUT2D eigenvalue weighted by molar-refractivity contribution is -0.187. The number of anilines is 1. The van der Waals surface area contributed by atoms with Gasteiger partial charge in [-0.05, 0) is 107 Å². The molecule has 4 heterocycles. The number of unbranched alkanes of at least 4 members (excludes halogenated alkanes) is 2. The fourth-order valence-electron chi connectivity index (χ4n) is 12.2. The molecule has 498 valence electrons. The van der Waals surface area contributed by atoms with E-state index in [4.69, 9.17) is 41.0 Å². The Hall–Kier alpha value is -7.27. The van der Waals surface area contributed by atoms with Crippen molar-refractivity contribution in [2.75, 3.05) is 46.3 Å². The zero-order valence-corrected chi connectivity index (χ0v) is 55.6. The van der Waals surface area contributed by atoms with Crippen LogP contribution in [0.25, 0.3) is 10.9 Å². The van der Waals surface area contributed by atoms with Crippen molar-refractivity contribution in [2.45, 2.75) is 193 Å². The molecule has 23 heteroatoms. The Morgan fingerprint density at radius 1 is 0.978 bits per heavy atom. The molecule has 3 aliphatic heterocycles. The summed E-state index contributed by atoms with van der Waals surface area (Å²) in [5, 5.41) is 21.0. The summed E-state index contributed by atoms with van der Waals surface area (Å²) in [6.45, 7) is 15.2. The third kappa shape index (κ3) is 18.7. The molecule has 22 nitrogen and oxygen atoms in total. The summed E-state index contributed by atoms with van der Waals surface area (Å²) < 4.78 is 30.0. The number of benzene rings is 2. The van der Waals surface area contributed by atoms with Crippen molar-refractivity contribution in [3.05, 3.63) is 88.1 Å². The number of hydrogen-bond acceptors (Lipinski definition) is 16. The number of urea groups is 1. The molecule has 0 radical (unpaired) electrons. The van der Waals surface area contributed by atoms with Gasteiger partial charge >= 0.3 is 18.0 Å². The maximum absolute atomic E-state index is 14.7. The molecule has 0 unspecified atom stereocenters. The van der Waals surface area contributed by atoms with E-state index in [9.17, 15) is 48.3 Å². The van der Waals surface area contributed by atoms with Gasteiger partial charge in [0.05, 0.1) is 43.3 Å². The first-order valence-corrected chi connectivity index (χ1v) is 32.1. The summed E-state index contributed by atoms with van der Waals surface area (Å²) in [6.07, 6.45) is 6.58. The number of methoxy groups -OCH3 is 2. The number of epoxide rings is 1. The number of halogens is 1. The number of ketones is 2. The van der Waals surface area contributed by atoms with E-state index in [-0.39, 0.29) is 91.4 Å². The van der Waals surface area contributed by atoms with Gasteiger partial charge in [0.25, 0.3) is 5.91 Å². The number of ether oxygens (including phenoxy) is 5. The number of likely N-dealkylation sites (N-methyl/N-ethyl adjacent to an activating group) is 1. The fourth-order valence-corrected chi connectivity index (χ4v) is 12.5. The van der Waals surface area contributed by atoms with Gasteiger partial charge in [-0.2, -0.15) is 0 Å². The van der Waals surface area contributed by atoms with Gasteiger partial charge in [-0.15, -0.1) is 0 Å². The van der Waals surface area contributed by atoms with Crippen LogP contribution in [0.15, 0.2) is 66.4 Å². The number of allylic oxidation sites excluding steroid dienone is 3. The molecule has 91 heavy (non-hydrogen) atoms. The van der Waals surface area contributed by atoms with E-state index >= 15 is 0 Å². The molecule has 1 aromatic heterocycles. The Labute approximate surface area is 539 Å². The highest BCUT2D eigenvalue weighted by molar-refractivity contribution is 6.35. The Balaban J connectivity index is 1.21. The second kappa shape index (κ2) is 32.8. The Morgan fingerprint density at radius 2 is 1.69 bits per heavy atom. The first-order chi connectivity index (χ1) is 43.1. The molecule has 3 aromatic rings. The van der Waals surface area contributed by atoms with Crippen LogP contribution in [-0.2, 0) is 65.4 Å². The lowest BCUT2D eigenvalue weighted by Crippen LogP contribution is -2.53. The average Bonchev–Trinajstić information content (AvgIpc) is 1.60. The van der Waals surface area contributed by atoms with Crippen LogP contribution in [0.2, 0.25) is 5.02 Å². The molecule has 6 amide bonds. The number of carbonyl (C=O) groups is 9. The molecule has 4 bridgehead atoms. The van der Waals surface area contributed by atoms with Crippen molar-refractivity contribution >= 4 is 81.4 Å². The van der Waals surface area contributed by atoms with Crippen LogP contribution in [0.5, 0.6) is 5.75 Å². The topological polar surface area (TPSA) is 305 Å². The van der Waals surface area contributed by atoms with Crippen molar-refractivity contribution < 1.29 is 71.9 Å². The van der Waals surface area contributed by atoms with E-state index in [1.807, 2.05) is 40.7 Å². The second-order valence-electron chi connectivity index (χ2n) is 25.1. The van der Waals surface area contributed by atoms with E-state index < -0.39 is 102 Å². The van der Waals surface area contributed by atoms with Crippen molar-refractivity contribution in [3.8, 4) is 5.75 Å². The number of amides is 6. The van der Waals surface area contributed by atoms with Crippen LogP contribution in [-0.4, -0.2) is 157 Å². The molecule has 10 atom stereocenters. The molecule has 6 N–H and O–H groups in total. The normalized spacial score (nSPS) is 23.8. The molecule has 2 saturated heterocycles. The summed E-state index contributed by atoms with van der Waals surface area (Å²) in [5.74, 6) is -4.85. The Kier molecular flexibility index (Phi) is 26.3. The predicted molar refractivity (Wildman–Crippen MR) is 344 cm³/mol. The lowest BCUT2D eigenvalue weighted by Gasteiger charge is -2.41. The number of nitrogens with two attached hydrogens (primary N) is 1. The maximum Gasteiger partial charge on any atom is 0.328 e. The van der Waals surface area contributed by atoms with Crippen molar-refractivity contribution in [3.63, 3.8) is 0 Å². The molecular formula is C68H94ClN7O15. The SMILES string of the molecule is CCC(CC)C(=O)NCCCCCC(=O)C[C@H](C(=O)N[C@@H](CCCNC(N)=O)C(=O)Cc1ccc(C(=O)N(C)[C@@H](C)C(=O)O[C@H]2CC(=O)N(C)c3cc(cc(OC)c3Cl)C/C(C)=C/C=C/[C@@H](OC)[C@]3(O)CC(=O)O[C@@H](C3)[C@@H](C)[C@@H]3O[C@@]23C)c2cccnc12)C(C)C. The summed E-state index contributed by atoms with van der Waals surface area (Å²) >= 11 is 6.89.